The van der Waals surface area contributed by atoms with E-state index in [-0.39, 0.29) is 11.8 Å². The number of anilines is 2. The lowest BCUT2D eigenvalue weighted by molar-refractivity contribution is 0.452. The number of hydrogen-bond acceptors (Lipinski definition) is 6. The molecular weight excluding hydrogens is 232 g/mol. The Bertz CT molecular complexity index is 655. The van der Waals surface area contributed by atoms with Crippen molar-refractivity contribution >= 4 is 23.1 Å². The summed E-state index contributed by atoms with van der Waals surface area (Å²) in [4.78, 5) is 12.2. The minimum atomic E-state index is -0.0962. The number of fused-ring (bicyclic) bond motifs is 1. The standard InChI is InChI=1S/C12H10N4O2/c1-7-6-10(17)15-11(13-7)16-12-14-8-4-2-3-5-9(8)18-12/h2-6H,1H3,(H2,13,14,15,16,17). The average molecular weight is 242 g/mol. The monoisotopic (exact) mass is 242 g/mol. The molecule has 6 heteroatoms. The largest absolute Gasteiger partial charge is 0.493 e. The molecule has 3 aromatic rings. The van der Waals surface area contributed by atoms with Crippen LogP contribution in [0.5, 0.6) is 5.88 Å². The van der Waals surface area contributed by atoms with Gasteiger partial charge in [0.15, 0.2) is 5.58 Å². The highest BCUT2D eigenvalue weighted by Crippen LogP contribution is 2.21. The van der Waals surface area contributed by atoms with Gasteiger partial charge in [-0.15, -0.1) is 0 Å². The minimum Gasteiger partial charge on any atom is -0.493 e. The van der Waals surface area contributed by atoms with E-state index in [4.69, 9.17) is 4.42 Å². The van der Waals surface area contributed by atoms with Gasteiger partial charge in [-0.3, -0.25) is 5.32 Å². The first-order valence-electron chi connectivity index (χ1n) is 5.38. The van der Waals surface area contributed by atoms with Crippen LogP contribution in [0.2, 0.25) is 0 Å². The Morgan fingerprint density at radius 1 is 1.17 bits per heavy atom. The summed E-state index contributed by atoms with van der Waals surface area (Å²) in [7, 11) is 0. The first-order chi connectivity index (χ1) is 8.70. The Morgan fingerprint density at radius 3 is 2.78 bits per heavy atom. The molecule has 1 aromatic carbocycles. The van der Waals surface area contributed by atoms with Gasteiger partial charge in [0.1, 0.15) is 5.52 Å². The predicted octanol–water partition coefficient (Wildman–Crippen LogP) is 2.38. The van der Waals surface area contributed by atoms with Gasteiger partial charge in [-0.1, -0.05) is 12.1 Å². The van der Waals surface area contributed by atoms with E-state index in [9.17, 15) is 5.11 Å². The number of nitrogens with zero attached hydrogens (tertiary/aromatic N) is 3. The maximum absolute atomic E-state index is 9.37. The van der Waals surface area contributed by atoms with E-state index in [1.165, 1.54) is 6.07 Å². The zero-order valence-corrected chi connectivity index (χ0v) is 9.58. The fraction of sp³-hybridized carbons (Fsp3) is 0.0833. The van der Waals surface area contributed by atoms with Gasteiger partial charge in [0.25, 0.3) is 0 Å². The summed E-state index contributed by atoms with van der Waals surface area (Å²) in [6.45, 7) is 1.76. The van der Waals surface area contributed by atoms with Crippen LogP contribution in [0.3, 0.4) is 0 Å². The lowest BCUT2D eigenvalue weighted by Crippen LogP contribution is -1.98. The third-order valence-electron chi connectivity index (χ3n) is 2.35. The van der Waals surface area contributed by atoms with Crippen molar-refractivity contribution in [3.05, 3.63) is 36.0 Å². The van der Waals surface area contributed by atoms with Gasteiger partial charge < -0.3 is 9.52 Å². The summed E-state index contributed by atoms with van der Waals surface area (Å²) in [5.41, 5.74) is 2.08. The molecule has 0 aliphatic carbocycles. The number of hydrogen-bond donors (Lipinski definition) is 2. The van der Waals surface area contributed by atoms with E-state index in [1.54, 1.807) is 6.92 Å². The molecular formula is C12H10N4O2. The van der Waals surface area contributed by atoms with Crippen LogP contribution in [-0.2, 0) is 0 Å². The topological polar surface area (TPSA) is 84.1 Å². The Kier molecular flexibility index (Phi) is 2.33. The van der Waals surface area contributed by atoms with E-state index in [0.29, 0.717) is 17.3 Å². The predicted molar refractivity (Wildman–Crippen MR) is 65.7 cm³/mol. The van der Waals surface area contributed by atoms with E-state index in [0.717, 1.165) is 5.52 Å². The van der Waals surface area contributed by atoms with Gasteiger partial charge in [0.2, 0.25) is 11.8 Å². The van der Waals surface area contributed by atoms with Crippen molar-refractivity contribution in [3.8, 4) is 5.88 Å². The molecule has 0 unspecified atom stereocenters. The number of para-hydroxylation sites is 2. The van der Waals surface area contributed by atoms with Crippen molar-refractivity contribution < 1.29 is 9.52 Å². The molecule has 0 aliphatic rings. The SMILES string of the molecule is Cc1cc(O)nc(Nc2nc3ccccc3o2)n1. The fourth-order valence-electron chi connectivity index (χ4n) is 1.63. The Balaban J connectivity index is 1.96. The molecule has 2 aromatic heterocycles. The summed E-state index contributed by atoms with van der Waals surface area (Å²) in [6.07, 6.45) is 0. The molecule has 0 spiro atoms. The maximum atomic E-state index is 9.37. The number of benzene rings is 1. The van der Waals surface area contributed by atoms with E-state index in [2.05, 4.69) is 20.3 Å². The van der Waals surface area contributed by atoms with Crippen LogP contribution < -0.4 is 5.32 Å². The van der Waals surface area contributed by atoms with Crippen molar-refractivity contribution in [1.29, 1.82) is 0 Å². The summed E-state index contributed by atoms with van der Waals surface area (Å²) < 4.78 is 5.47. The van der Waals surface area contributed by atoms with Crippen molar-refractivity contribution in [2.75, 3.05) is 5.32 Å². The van der Waals surface area contributed by atoms with Gasteiger partial charge in [-0.2, -0.15) is 9.97 Å². The minimum absolute atomic E-state index is 0.0962. The number of aromatic hydroxyl groups is 1. The van der Waals surface area contributed by atoms with Crippen LogP contribution in [0.1, 0.15) is 5.69 Å². The first kappa shape index (κ1) is 10.5. The van der Waals surface area contributed by atoms with Gasteiger partial charge in [-0.25, -0.2) is 4.98 Å². The second kappa shape index (κ2) is 3.99. The van der Waals surface area contributed by atoms with Crippen LogP contribution in [0.15, 0.2) is 34.7 Å². The quantitative estimate of drug-likeness (QED) is 0.717. The molecule has 90 valence electrons. The Hall–Kier alpha value is -2.63. The van der Waals surface area contributed by atoms with E-state index >= 15 is 0 Å². The second-order valence-corrected chi connectivity index (χ2v) is 3.80. The molecule has 0 amide bonds. The van der Waals surface area contributed by atoms with Crippen LogP contribution in [0, 0.1) is 6.92 Å². The van der Waals surface area contributed by atoms with Gasteiger partial charge in [-0.05, 0) is 19.1 Å². The van der Waals surface area contributed by atoms with Crippen molar-refractivity contribution in [2.45, 2.75) is 6.92 Å². The van der Waals surface area contributed by atoms with Crippen LogP contribution in [0.4, 0.5) is 12.0 Å². The van der Waals surface area contributed by atoms with Gasteiger partial charge >= 0.3 is 6.01 Å². The molecule has 6 nitrogen and oxygen atoms in total. The Morgan fingerprint density at radius 2 is 2.00 bits per heavy atom. The van der Waals surface area contributed by atoms with Crippen LogP contribution in [0.25, 0.3) is 11.1 Å². The smallest absolute Gasteiger partial charge is 0.302 e. The first-order valence-corrected chi connectivity index (χ1v) is 5.38. The second-order valence-electron chi connectivity index (χ2n) is 3.80. The third-order valence-corrected chi connectivity index (χ3v) is 2.35. The van der Waals surface area contributed by atoms with Gasteiger partial charge in [0, 0.05) is 11.8 Å². The summed E-state index contributed by atoms with van der Waals surface area (Å²) in [5, 5.41) is 12.2. The van der Waals surface area contributed by atoms with Crippen molar-refractivity contribution in [2.24, 2.45) is 0 Å². The maximum Gasteiger partial charge on any atom is 0.302 e. The molecule has 0 aliphatic heterocycles. The highest BCUT2D eigenvalue weighted by molar-refractivity contribution is 5.74. The number of oxazole rings is 1. The zero-order chi connectivity index (χ0) is 12.5. The molecule has 0 fully saturated rings. The van der Waals surface area contributed by atoms with Crippen LogP contribution in [-0.4, -0.2) is 20.1 Å². The number of aromatic nitrogens is 3. The summed E-state index contributed by atoms with van der Waals surface area (Å²) in [5.74, 6) is 0.153. The summed E-state index contributed by atoms with van der Waals surface area (Å²) >= 11 is 0. The highest BCUT2D eigenvalue weighted by Gasteiger charge is 2.07. The number of nitrogens with one attached hydrogen (secondary N) is 1. The number of rotatable bonds is 2. The molecule has 0 atom stereocenters. The normalized spacial score (nSPS) is 10.7. The molecule has 0 saturated carbocycles. The molecule has 2 N–H and O–H groups in total. The Labute approximate surface area is 102 Å². The van der Waals surface area contributed by atoms with E-state index < -0.39 is 0 Å². The molecule has 2 heterocycles. The fourth-order valence-corrected chi connectivity index (χ4v) is 1.63. The molecule has 0 bridgehead atoms. The highest BCUT2D eigenvalue weighted by atomic mass is 16.4. The molecule has 18 heavy (non-hydrogen) atoms. The van der Waals surface area contributed by atoms with Crippen LogP contribution >= 0.6 is 0 Å². The number of aryl methyl sites for hydroxylation is 1. The zero-order valence-electron chi connectivity index (χ0n) is 9.58. The molecule has 0 saturated heterocycles. The third kappa shape index (κ3) is 1.95. The van der Waals surface area contributed by atoms with Crippen molar-refractivity contribution in [1.82, 2.24) is 15.0 Å². The lowest BCUT2D eigenvalue weighted by atomic mass is 10.3. The molecule has 0 radical (unpaired) electrons. The average Bonchev–Trinajstić information content (AvgIpc) is 2.69. The van der Waals surface area contributed by atoms with Gasteiger partial charge in [0.05, 0.1) is 0 Å². The van der Waals surface area contributed by atoms with Crippen molar-refractivity contribution in [3.63, 3.8) is 0 Å². The molecule has 3 rings (SSSR count). The summed E-state index contributed by atoms with van der Waals surface area (Å²) in [6, 6.07) is 9.18. The lowest BCUT2D eigenvalue weighted by Gasteiger charge is -2.01. The van der Waals surface area contributed by atoms with E-state index in [1.807, 2.05) is 24.3 Å².